The first-order valence-electron chi connectivity index (χ1n) is 4.16. The van der Waals surface area contributed by atoms with E-state index in [4.69, 9.17) is 4.74 Å². The molecule has 0 aliphatic rings. The van der Waals surface area contributed by atoms with Gasteiger partial charge in [-0.25, -0.2) is 0 Å². The van der Waals surface area contributed by atoms with Gasteiger partial charge in [-0.1, -0.05) is 12.1 Å². The third-order valence-electron chi connectivity index (χ3n) is 1.92. The Kier molecular flexibility index (Phi) is 4.28. The smallest absolute Gasteiger partial charge is 0.133 e. The van der Waals surface area contributed by atoms with Crippen molar-refractivity contribution in [2.75, 3.05) is 20.4 Å². The van der Waals surface area contributed by atoms with Crippen molar-refractivity contribution in [3.05, 3.63) is 29.8 Å². The Morgan fingerprint density at radius 1 is 1.31 bits per heavy atom. The molecule has 0 aliphatic carbocycles. The van der Waals surface area contributed by atoms with Crippen LogP contribution in [-0.2, 0) is 4.74 Å². The maximum absolute atomic E-state index is 5.24. The zero-order valence-electron chi connectivity index (χ0n) is 8.20. The molecule has 1 unspecified atom stereocenters. The SMILES string of the molecule is CNC(OC)c1ccc(SC)cc1. The molecule has 1 N–H and O–H groups in total. The molecule has 0 radical (unpaired) electrons. The first-order valence-corrected chi connectivity index (χ1v) is 5.38. The fourth-order valence-electron chi connectivity index (χ4n) is 1.20. The molecule has 0 aliphatic heterocycles. The van der Waals surface area contributed by atoms with Crippen molar-refractivity contribution in [2.45, 2.75) is 11.1 Å². The van der Waals surface area contributed by atoms with Crippen LogP contribution in [0.25, 0.3) is 0 Å². The average molecular weight is 197 g/mol. The lowest BCUT2D eigenvalue weighted by Gasteiger charge is -2.14. The Hall–Kier alpha value is -0.510. The van der Waals surface area contributed by atoms with Gasteiger partial charge in [-0.3, -0.25) is 5.32 Å². The Balaban J connectivity index is 2.78. The predicted octanol–water partition coefficient (Wildman–Crippen LogP) is 2.27. The van der Waals surface area contributed by atoms with Gasteiger partial charge in [0.15, 0.2) is 0 Å². The standard InChI is InChI=1S/C10H15NOS/c1-11-10(12-2)8-4-6-9(13-3)7-5-8/h4-7,10-11H,1-3H3. The molecule has 3 heteroatoms. The lowest BCUT2D eigenvalue weighted by Crippen LogP contribution is -2.17. The number of hydrogen-bond acceptors (Lipinski definition) is 3. The Morgan fingerprint density at radius 2 is 1.92 bits per heavy atom. The van der Waals surface area contributed by atoms with Crippen LogP contribution in [0.1, 0.15) is 11.8 Å². The summed E-state index contributed by atoms with van der Waals surface area (Å²) in [6, 6.07) is 8.36. The fourth-order valence-corrected chi connectivity index (χ4v) is 1.61. The highest BCUT2D eigenvalue weighted by atomic mass is 32.2. The molecule has 1 aromatic carbocycles. The van der Waals surface area contributed by atoms with Gasteiger partial charge in [-0.15, -0.1) is 11.8 Å². The zero-order valence-corrected chi connectivity index (χ0v) is 9.02. The van der Waals surface area contributed by atoms with Gasteiger partial charge >= 0.3 is 0 Å². The van der Waals surface area contributed by atoms with Crippen LogP contribution < -0.4 is 5.32 Å². The van der Waals surface area contributed by atoms with Crippen molar-refractivity contribution >= 4 is 11.8 Å². The molecule has 0 saturated carbocycles. The zero-order chi connectivity index (χ0) is 9.68. The van der Waals surface area contributed by atoms with E-state index >= 15 is 0 Å². The summed E-state index contributed by atoms with van der Waals surface area (Å²) >= 11 is 1.74. The summed E-state index contributed by atoms with van der Waals surface area (Å²) in [7, 11) is 3.58. The molecule has 72 valence electrons. The van der Waals surface area contributed by atoms with Crippen molar-refractivity contribution in [1.82, 2.24) is 5.32 Å². The second-order valence-electron chi connectivity index (χ2n) is 2.68. The van der Waals surface area contributed by atoms with E-state index in [9.17, 15) is 0 Å². The second-order valence-corrected chi connectivity index (χ2v) is 3.56. The second kappa shape index (κ2) is 5.27. The van der Waals surface area contributed by atoms with E-state index in [1.165, 1.54) is 4.90 Å². The molecule has 1 atom stereocenters. The number of thioether (sulfide) groups is 1. The number of rotatable bonds is 4. The maximum Gasteiger partial charge on any atom is 0.133 e. The lowest BCUT2D eigenvalue weighted by atomic mass is 10.2. The monoisotopic (exact) mass is 197 g/mol. The molecule has 2 nitrogen and oxygen atoms in total. The minimum atomic E-state index is -0.00379. The number of ether oxygens (including phenoxy) is 1. The normalized spacial score (nSPS) is 12.8. The third kappa shape index (κ3) is 2.72. The molecule has 13 heavy (non-hydrogen) atoms. The van der Waals surface area contributed by atoms with Crippen LogP contribution in [0.3, 0.4) is 0 Å². The molecule has 0 heterocycles. The van der Waals surface area contributed by atoms with E-state index in [0.29, 0.717) is 0 Å². The van der Waals surface area contributed by atoms with Gasteiger partial charge in [0.05, 0.1) is 0 Å². The van der Waals surface area contributed by atoms with Gasteiger partial charge in [0.1, 0.15) is 6.23 Å². The molecule has 0 fully saturated rings. The van der Waals surface area contributed by atoms with Crippen molar-refractivity contribution in [1.29, 1.82) is 0 Å². The number of hydrogen-bond donors (Lipinski definition) is 1. The first-order chi connectivity index (χ1) is 6.31. The highest BCUT2D eigenvalue weighted by Crippen LogP contribution is 2.18. The van der Waals surface area contributed by atoms with Crippen LogP contribution in [0.15, 0.2) is 29.2 Å². The molecule has 0 spiro atoms. The Morgan fingerprint density at radius 3 is 2.31 bits per heavy atom. The summed E-state index contributed by atoms with van der Waals surface area (Å²) in [5.41, 5.74) is 1.16. The topological polar surface area (TPSA) is 21.3 Å². The minimum Gasteiger partial charge on any atom is -0.362 e. The molecule has 0 aromatic heterocycles. The largest absolute Gasteiger partial charge is 0.362 e. The van der Waals surface area contributed by atoms with Crippen molar-refractivity contribution in [2.24, 2.45) is 0 Å². The number of benzene rings is 1. The Bertz CT molecular complexity index is 244. The lowest BCUT2D eigenvalue weighted by molar-refractivity contribution is 0.0808. The highest BCUT2D eigenvalue weighted by Gasteiger charge is 2.05. The van der Waals surface area contributed by atoms with Gasteiger partial charge in [-0.2, -0.15) is 0 Å². The summed E-state index contributed by atoms with van der Waals surface area (Å²) in [4.78, 5) is 1.27. The maximum atomic E-state index is 5.24. The molecular formula is C10H15NOS. The molecule has 0 amide bonds. The predicted molar refractivity (Wildman–Crippen MR) is 57.0 cm³/mol. The van der Waals surface area contributed by atoms with E-state index in [1.54, 1.807) is 18.9 Å². The Labute approximate surface area is 83.7 Å². The third-order valence-corrected chi connectivity index (χ3v) is 2.66. The van der Waals surface area contributed by atoms with Crippen molar-refractivity contribution < 1.29 is 4.74 Å². The quantitative estimate of drug-likeness (QED) is 0.591. The van der Waals surface area contributed by atoms with Gasteiger partial charge in [0.25, 0.3) is 0 Å². The molecular weight excluding hydrogens is 182 g/mol. The van der Waals surface area contributed by atoms with Crippen LogP contribution in [0, 0.1) is 0 Å². The van der Waals surface area contributed by atoms with Gasteiger partial charge in [-0.05, 0) is 31.0 Å². The molecule has 0 bridgehead atoms. The van der Waals surface area contributed by atoms with Crippen LogP contribution in [0.2, 0.25) is 0 Å². The van der Waals surface area contributed by atoms with E-state index in [1.807, 2.05) is 7.05 Å². The summed E-state index contributed by atoms with van der Waals surface area (Å²) in [6.45, 7) is 0. The van der Waals surface area contributed by atoms with Gasteiger partial charge in [0, 0.05) is 12.0 Å². The van der Waals surface area contributed by atoms with Crippen molar-refractivity contribution in [3.63, 3.8) is 0 Å². The van der Waals surface area contributed by atoms with Crippen LogP contribution >= 0.6 is 11.8 Å². The van der Waals surface area contributed by atoms with E-state index < -0.39 is 0 Å². The molecule has 0 saturated heterocycles. The van der Waals surface area contributed by atoms with Gasteiger partial charge < -0.3 is 4.74 Å². The van der Waals surface area contributed by atoms with Crippen molar-refractivity contribution in [3.8, 4) is 0 Å². The van der Waals surface area contributed by atoms with E-state index in [2.05, 4.69) is 35.8 Å². The molecule has 1 aromatic rings. The summed E-state index contributed by atoms with van der Waals surface area (Å²) in [5, 5.41) is 3.08. The average Bonchev–Trinajstić information content (AvgIpc) is 2.21. The van der Waals surface area contributed by atoms with Crippen LogP contribution in [0.5, 0.6) is 0 Å². The summed E-state index contributed by atoms with van der Waals surface area (Å²) in [5.74, 6) is 0. The number of nitrogens with one attached hydrogen (secondary N) is 1. The van der Waals surface area contributed by atoms with E-state index in [0.717, 1.165) is 5.56 Å². The van der Waals surface area contributed by atoms with Gasteiger partial charge in [0.2, 0.25) is 0 Å². The minimum absolute atomic E-state index is 0.00379. The van der Waals surface area contributed by atoms with E-state index in [-0.39, 0.29) is 6.23 Å². The van der Waals surface area contributed by atoms with Crippen LogP contribution in [-0.4, -0.2) is 20.4 Å². The first kappa shape index (κ1) is 10.6. The molecule has 1 rings (SSSR count). The number of methoxy groups -OCH3 is 1. The fraction of sp³-hybridized carbons (Fsp3) is 0.400. The summed E-state index contributed by atoms with van der Waals surface area (Å²) in [6.07, 6.45) is 2.07. The summed E-state index contributed by atoms with van der Waals surface area (Å²) < 4.78 is 5.24. The highest BCUT2D eigenvalue weighted by molar-refractivity contribution is 7.98. The van der Waals surface area contributed by atoms with Crippen LogP contribution in [0.4, 0.5) is 0 Å².